The molecule has 0 radical (unpaired) electrons. The fraction of sp³-hybridized carbons (Fsp3) is 0.250. The normalized spacial score (nSPS) is 12.1. The van der Waals surface area contributed by atoms with E-state index in [0.717, 1.165) is 12.1 Å². The smallest absolute Gasteiger partial charge is 0.258 e. The van der Waals surface area contributed by atoms with Gasteiger partial charge < -0.3 is 10.3 Å². The number of hydrogen-bond acceptors (Lipinski definition) is 4. The molecule has 6 heteroatoms. The van der Waals surface area contributed by atoms with Crippen LogP contribution in [0.25, 0.3) is 10.9 Å². The highest BCUT2D eigenvalue weighted by atomic mass is 32.2. The zero-order chi connectivity index (χ0) is 18.5. The summed E-state index contributed by atoms with van der Waals surface area (Å²) in [5.74, 6) is 0.798. The van der Waals surface area contributed by atoms with Crippen LogP contribution in [0.3, 0.4) is 0 Å². The van der Waals surface area contributed by atoms with Crippen molar-refractivity contribution in [3.05, 3.63) is 70.3 Å². The van der Waals surface area contributed by atoms with Gasteiger partial charge in [-0.15, -0.1) is 11.8 Å². The minimum absolute atomic E-state index is 0.0711. The van der Waals surface area contributed by atoms with Crippen LogP contribution in [-0.2, 0) is 11.2 Å². The van der Waals surface area contributed by atoms with Crippen LogP contribution in [0.5, 0.6) is 0 Å². The number of fused-ring (bicyclic) bond motifs is 1. The number of aryl methyl sites for hydroxylation is 1. The molecule has 5 nitrogen and oxygen atoms in total. The Kier molecular flexibility index (Phi) is 5.73. The molecular formula is C20H21N3O2S. The molecule has 1 atom stereocenters. The molecule has 0 spiro atoms. The van der Waals surface area contributed by atoms with Crippen LogP contribution in [-0.4, -0.2) is 21.6 Å². The number of hydrogen-bond donors (Lipinski definition) is 2. The maximum absolute atomic E-state index is 12.2. The summed E-state index contributed by atoms with van der Waals surface area (Å²) >= 11 is 1.44. The molecule has 0 saturated carbocycles. The Balaban J connectivity index is 1.64. The second kappa shape index (κ2) is 8.19. The zero-order valence-corrected chi connectivity index (χ0v) is 15.6. The summed E-state index contributed by atoms with van der Waals surface area (Å²) in [7, 11) is 0. The van der Waals surface area contributed by atoms with E-state index in [0.29, 0.717) is 16.7 Å². The molecule has 0 saturated heterocycles. The SMILES string of the molecule is CCc1cccc(NC(=O)CSC(C)c2nc3ccccc3c(=O)[nH]2)c1. The lowest BCUT2D eigenvalue weighted by molar-refractivity contribution is -0.113. The van der Waals surface area contributed by atoms with Gasteiger partial charge in [-0.3, -0.25) is 9.59 Å². The van der Waals surface area contributed by atoms with Gasteiger partial charge in [0.05, 0.1) is 21.9 Å². The van der Waals surface area contributed by atoms with Crippen molar-refractivity contribution >= 4 is 34.3 Å². The number of H-pyrrole nitrogens is 1. The maximum Gasteiger partial charge on any atom is 0.258 e. The van der Waals surface area contributed by atoms with Gasteiger partial charge in [0, 0.05) is 5.69 Å². The van der Waals surface area contributed by atoms with E-state index in [9.17, 15) is 9.59 Å². The summed E-state index contributed by atoms with van der Waals surface area (Å²) in [5, 5.41) is 3.39. The van der Waals surface area contributed by atoms with Gasteiger partial charge in [-0.2, -0.15) is 0 Å². The van der Waals surface area contributed by atoms with Crippen LogP contribution in [0.15, 0.2) is 53.3 Å². The number of para-hydroxylation sites is 1. The molecule has 26 heavy (non-hydrogen) atoms. The molecule has 0 aliphatic rings. The highest BCUT2D eigenvalue weighted by molar-refractivity contribution is 8.00. The Morgan fingerprint density at radius 2 is 2.04 bits per heavy atom. The topological polar surface area (TPSA) is 74.8 Å². The van der Waals surface area contributed by atoms with E-state index >= 15 is 0 Å². The zero-order valence-electron chi connectivity index (χ0n) is 14.8. The number of anilines is 1. The third-order valence-corrected chi connectivity index (χ3v) is 5.25. The maximum atomic E-state index is 12.2. The fourth-order valence-corrected chi connectivity index (χ4v) is 3.39. The largest absolute Gasteiger partial charge is 0.325 e. The molecule has 0 bridgehead atoms. The lowest BCUT2D eigenvalue weighted by atomic mass is 10.1. The number of amides is 1. The van der Waals surface area contributed by atoms with Crippen molar-refractivity contribution in [3.8, 4) is 0 Å². The van der Waals surface area contributed by atoms with Gasteiger partial charge >= 0.3 is 0 Å². The highest BCUT2D eigenvalue weighted by Crippen LogP contribution is 2.25. The lowest BCUT2D eigenvalue weighted by Gasteiger charge is -2.12. The number of nitrogens with one attached hydrogen (secondary N) is 2. The molecule has 1 aromatic heterocycles. The van der Waals surface area contributed by atoms with E-state index in [4.69, 9.17) is 0 Å². The first kappa shape index (κ1) is 18.2. The van der Waals surface area contributed by atoms with Crippen molar-refractivity contribution in [2.75, 3.05) is 11.1 Å². The van der Waals surface area contributed by atoms with Gasteiger partial charge in [-0.05, 0) is 43.2 Å². The van der Waals surface area contributed by atoms with Gasteiger partial charge in [-0.25, -0.2) is 4.98 Å². The van der Waals surface area contributed by atoms with Crippen LogP contribution < -0.4 is 10.9 Å². The van der Waals surface area contributed by atoms with E-state index in [2.05, 4.69) is 22.2 Å². The molecule has 0 aliphatic carbocycles. The van der Waals surface area contributed by atoms with Crippen LogP contribution >= 0.6 is 11.8 Å². The van der Waals surface area contributed by atoms with Crippen LogP contribution in [0.2, 0.25) is 0 Å². The predicted molar refractivity (Wildman–Crippen MR) is 108 cm³/mol. The quantitative estimate of drug-likeness (QED) is 0.692. The highest BCUT2D eigenvalue weighted by Gasteiger charge is 2.13. The second-order valence-corrected chi connectivity index (χ2v) is 7.35. The molecule has 3 rings (SSSR count). The van der Waals surface area contributed by atoms with Crippen molar-refractivity contribution in [2.24, 2.45) is 0 Å². The van der Waals surface area contributed by atoms with Crippen LogP contribution in [0, 0.1) is 0 Å². The Bertz CT molecular complexity index is 984. The lowest BCUT2D eigenvalue weighted by Crippen LogP contribution is -2.16. The molecule has 1 unspecified atom stereocenters. The first-order chi connectivity index (χ1) is 12.6. The van der Waals surface area contributed by atoms with E-state index in [-0.39, 0.29) is 22.5 Å². The Morgan fingerprint density at radius 1 is 1.23 bits per heavy atom. The first-order valence-electron chi connectivity index (χ1n) is 8.56. The number of benzene rings is 2. The molecule has 1 amide bonds. The van der Waals surface area contributed by atoms with Gasteiger partial charge in [0.25, 0.3) is 5.56 Å². The molecule has 2 aromatic carbocycles. The van der Waals surface area contributed by atoms with Gasteiger partial charge in [0.2, 0.25) is 5.91 Å². The molecule has 0 fully saturated rings. The van der Waals surface area contributed by atoms with Gasteiger partial charge in [0.15, 0.2) is 0 Å². The minimum Gasteiger partial charge on any atom is -0.325 e. The fourth-order valence-electron chi connectivity index (χ4n) is 2.64. The molecule has 1 heterocycles. The van der Waals surface area contributed by atoms with Crippen LogP contribution in [0.4, 0.5) is 5.69 Å². The number of carbonyl (C=O) groups is 1. The first-order valence-corrected chi connectivity index (χ1v) is 9.61. The number of aromatic nitrogens is 2. The average molecular weight is 367 g/mol. The van der Waals surface area contributed by atoms with E-state index in [1.165, 1.54) is 17.3 Å². The number of thioether (sulfide) groups is 1. The number of rotatable bonds is 6. The van der Waals surface area contributed by atoms with E-state index in [1.54, 1.807) is 6.07 Å². The van der Waals surface area contributed by atoms with Crippen molar-refractivity contribution in [3.63, 3.8) is 0 Å². The van der Waals surface area contributed by atoms with Crippen molar-refractivity contribution in [1.82, 2.24) is 9.97 Å². The number of nitrogens with zero attached hydrogens (tertiary/aromatic N) is 1. The Morgan fingerprint density at radius 3 is 2.85 bits per heavy atom. The Labute approximate surface area is 156 Å². The summed E-state index contributed by atoms with van der Waals surface area (Å²) in [6.45, 7) is 4.01. The summed E-state index contributed by atoms with van der Waals surface area (Å²) in [6.07, 6.45) is 0.927. The number of carbonyl (C=O) groups excluding carboxylic acids is 1. The molecule has 3 aromatic rings. The van der Waals surface area contributed by atoms with Crippen molar-refractivity contribution in [2.45, 2.75) is 25.5 Å². The summed E-state index contributed by atoms with van der Waals surface area (Å²) in [5.41, 5.74) is 2.50. The minimum atomic E-state index is -0.154. The third kappa shape index (κ3) is 4.32. The van der Waals surface area contributed by atoms with Gasteiger partial charge in [-0.1, -0.05) is 31.2 Å². The predicted octanol–water partition coefficient (Wildman–Crippen LogP) is 3.92. The van der Waals surface area contributed by atoms with E-state index < -0.39 is 0 Å². The molecule has 0 aliphatic heterocycles. The number of aromatic amines is 1. The summed E-state index contributed by atoms with van der Waals surface area (Å²) in [6, 6.07) is 15.1. The monoisotopic (exact) mass is 367 g/mol. The standard InChI is InChI=1S/C20H21N3O2S/c1-3-14-7-6-8-15(11-14)21-18(24)12-26-13(2)19-22-17-10-5-4-9-16(17)20(25)23-19/h4-11,13H,3,12H2,1-2H3,(H,21,24)(H,22,23,25). The van der Waals surface area contributed by atoms with Gasteiger partial charge in [0.1, 0.15) is 5.82 Å². The summed E-state index contributed by atoms with van der Waals surface area (Å²) in [4.78, 5) is 31.7. The average Bonchev–Trinajstić information content (AvgIpc) is 2.66. The second-order valence-electron chi connectivity index (χ2n) is 6.02. The van der Waals surface area contributed by atoms with E-state index in [1.807, 2.05) is 49.4 Å². The van der Waals surface area contributed by atoms with Crippen LogP contribution in [0.1, 0.15) is 30.5 Å². The molecule has 134 valence electrons. The Hall–Kier alpha value is -2.60. The molecule has 2 N–H and O–H groups in total. The van der Waals surface area contributed by atoms with Crippen molar-refractivity contribution < 1.29 is 4.79 Å². The van der Waals surface area contributed by atoms with Crippen molar-refractivity contribution in [1.29, 1.82) is 0 Å². The third-order valence-electron chi connectivity index (χ3n) is 4.10. The molecular weight excluding hydrogens is 346 g/mol. The summed E-state index contributed by atoms with van der Waals surface area (Å²) < 4.78 is 0.